The Kier molecular flexibility index (Phi) is 5.17. The first-order chi connectivity index (χ1) is 10.1. The lowest BCUT2D eigenvalue weighted by Crippen LogP contribution is -2.28. The average Bonchev–Trinajstić information content (AvgIpc) is 2.93. The van der Waals surface area contributed by atoms with Crippen molar-refractivity contribution in [3.05, 3.63) is 0 Å². The number of aromatic nitrogens is 3. The van der Waals surface area contributed by atoms with Crippen LogP contribution >= 0.6 is 0 Å². The Labute approximate surface area is 126 Å². The lowest BCUT2D eigenvalue weighted by atomic mass is 9.89. The summed E-state index contributed by atoms with van der Waals surface area (Å²) < 4.78 is 0. The zero-order valence-electron chi connectivity index (χ0n) is 13.3. The molecule has 118 valence electrons. The van der Waals surface area contributed by atoms with Crippen molar-refractivity contribution in [3.8, 4) is 0 Å². The summed E-state index contributed by atoms with van der Waals surface area (Å²) in [6, 6.07) is 0. The van der Waals surface area contributed by atoms with Crippen molar-refractivity contribution < 1.29 is 0 Å². The van der Waals surface area contributed by atoms with E-state index in [1.807, 2.05) is 0 Å². The summed E-state index contributed by atoms with van der Waals surface area (Å²) in [7, 11) is 0. The molecule has 0 amide bonds. The molecule has 1 aliphatic rings. The third-order valence-corrected chi connectivity index (χ3v) is 4.28. The van der Waals surface area contributed by atoms with Crippen LogP contribution in [0.2, 0.25) is 0 Å². The zero-order chi connectivity index (χ0) is 15.3. The molecule has 0 aliphatic heterocycles. The van der Waals surface area contributed by atoms with Crippen LogP contribution in [0.3, 0.4) is 0 Å². The largest absolute Gasteiger partial charge is 0.353 e. The molecule has 1 heterocycles. The lowest BCUT2D eigenvalue weighted by molar-refractivity contribution is 0.361. The second kappa shape index (κ2) is 6.89. The van der Waals surface area contributed by atoms with E-state index < -0.39 is 0 Å². The van der Waals surface area contributed by atoms with Crippen molar-refractivity contribution in [2.45, 2.75) is 46.5 Å². The van der Waals surface area contributed by atoms with Crippen LogP contribution in [0.25, 0.3) is 0 Å². The van der Waals surface area contributed by atoms with Gasteiger partial charge in [-0.2, -0.15) is 15.0 Å². The molecule has 0 radical (unpaired) electrons. The van der Waals surface area contributed by atoms with Crippen molar-refractivity contribution in [1.29, 1.82) is 0 Å². The number of nitrogen functional groups attached to an aromatic ring is 1. The van der Waals surface area contributed by atoms with Gasteiger partial charge in [0.05, 0.1) is 0 Å². The van der Waals surface area contributed by atoms with E-state index in [-0.39, 0.29) is 0 Å². The highest BCUT2D eigenvalue weighted by Gasteiger charge is 2.28. The first-order valence-electron chi connectivity index (χ1n) is 7.81. The molecule has 0 atom stereocenters. The van der Waals surface area contributed by atoms with Crippen molar-refractivity contribution in [2.75, 3.05) is 35.3 Å². The third kappa shape index (κ3) is 3.93. The molecule has 7 nitrogen and oxygen atoms in total. The van der Waals surface area contributed by atoms with Crippen LogP contribution in [0.1, 0.15) is 46.5 Å². The Bertz CT molecular complexity index is 453. The quantitative estimate of drug-likeness (QED) is 0.523. The fraction of sp³-hybridized carbons (Fsp3) is 0.786. The number of nitrogens with one attached hydrogen (secondary N) is 2. The number of rotatable bonds is 7. The highest BCUT2D eigenvalue weighted by molar-refractivity contribution is 5.43. The normalized spacial score (nSPS) is 16.8. The van der Waals surface area contributed by atoms with E-state index in [0.29, 0.717) is 23.3 Å². The Morgan fingerprint density at radius 1 is 1.10 bits per heavy atom. The van der Waals surface area contributed by atoms with Crippen LogP contribution in [-0.4, -0.2) is 34.6 Å². The molecule has 7 heteroatoms. The van der Waals surface area contributed by atoms with E-state index in [2.05, 4.69) is 51.4 Å². The summed E-state index contributed by atoms with van der Waals surface area (Å²) >= 11 is 0. The Morgan fingerprint density at radius 3 is 2.29 bits per heavy atom. The SMILES string of the molecule is CCN(CC)c1nc(NN)nc(NCC2(C)CCCC2)n1. The van der Waals surface area contributed by atoms with E-state index in [1.54, 1.807) is 0 Å². The van der Waals surface area contributed by atoms with Gasteiger partial charge in [-0.15, -0.1) is 0 Å². The van der Waals surface area contributed by atoms with Gasteiger partial charge in [0.15, 0.2) is 0 Å². The zero-order valence-corrected chi connectivity index (χ0v) is 13.3. The smallest absolute Gasteiger partial charge is 0.243 e. The highest BCUT2D eigenvalue weighted by atomic mass is 15.4. The predicted octanol–water partition coefficient (Wildman–Crippen LogP) is 2.00. The maximum atomic E-state index is 5.47. The summed E-state index contributed by atoms with van der Waals surface area (Å²) in [6.07, 6.45) is 5.15. The van der Waals surface area contributed by atoms with Gasteiger partial charge in [-0.05, 0) is 32.1 Å². The van der Waals surface area contributed by atoms with Gasteiger partial charge in [-0.25, -0.2) is 5.84 Å². The number of nitrogens with two attached hydrogens (primary N) is 1. The number of hydrazine groups is 1. The molecule has 1 aliphatic carbocycles. The molecule has 2 rings (SSSR count). The van der Waals surface area contributed by atoms with Crippen molar-refractivity contribution in [2.24, 2.45) is 11.3 Å². The van der Waals surface area contributed by atoms with Gasteiger partial charge < -0.3 is 10.2 Å². The van der Waals surface area contributed by atoms with Crippen LogP contribution in [0.4, 0.5) is 17.8 Å². The Balaban J connectivity index is 2.12. The molecule has 1 aromatic heterocycles. The van der Waals surface area contributed by atoms with Crippen molar-refractivity contribution in [1.82, 2.24) is 15.0 Å². The van der Waals surface area contributed by atoms with Gasteiger partial charge in [-0.3, -0.25) is 5.43 Å². The van der Waals surface area contributed by atoms with Crippen LogP contribution in [0.15, 0.2) is 0 Å². The molecule has 1 fully saturated rings. The second-order valence-electron chi connectivity index (χ2n) is 5.97. The second-order valence-corrected chi connectivity index (χ2v) is 5.97. The van der Waals surface area contributed by atoms with Crippen LogP contribution in [0.5, 0.6) is 0 Å². The van der Waals surface area contributed by atoms with E-state index in [9.17, 15) is 0 Å². The van der Waals surface area contributed by atoms with Crippen molar-refractivity contribution in [3.63, 3.8) is 0 Å². The molecule has 4 N–H and O–H groups in total. The van der Waals surface area contributed by atoms with Crippen molar-refractivity contribution >= 4 is 17.8 Å². The van der Waals surface area contributed by atoms with Gasteiger partial charge in [0.1, 0.15) is 0 Å². The summed E-state index contributed by atoms with van der Waals surface area (Å²) in [5.74, 6) is 7.11. The third-order valence-electron chi connectivity index (χ3n) is 4.28. The lowest BCUT2D eigenvalue weighted by Gasteiger charge is -2.24. The number of hydrogen-bond acceptors (Lipinski definition) is 7. The maximum absolute atomic E-state index is 5.47. The molecule has 0 bridgehead atoms. The summed E-state index contributed by atoms with van der Waals surface area (Å²) in [4.78, 5) is 15.2. The molecule has 21 heavy (non-hydrogen) atoms. The van der Waals surface area contributed by atoms with Crippen LogP contribution in [0, 0.1) is 5.41 Å². The van der Waals surface area contributed by atoms with E-state index in [1.165, 1.54) is 25.7 Å². The van der Waals surface area contributed by atoms with Gasteiger partial charge in [0, 0.05) is 19.6 Å². The Hall–Kier alpha value is -1.63. The highest BCUT2D eigenvalue weighted by Crippen LogP contribution is 2.37. The Morgan fingerprint density at radius 2 is 1.71 bits per heavy atom. The molecule has 1 aromatic rings. The van der Waals surface area contributed by atoms with Gasteiger partial charge in [0.2, 0.25) is 17.8 Å². The summed E-state index contributed by atoms with van der Waals surface area (Å²) in [5, 5.41) is 3.36. The fourth-order valence-electron chi connectivity index (χ4n) is 2.85. The number of nitrogens with zero attached hydrogens (tertiary/aromatic N) is 4. The first-order valence-corrected chi connectivity index (χ1v) is 7.81. The summed E-state index contributed by atoms with van der Waals surface area (Å²) in [5.41, 5.74) is 2.86. The number of anilines is 3. The van der Waals surface area contributed by atoms with Gasteiger partial charge in [0.25, 0.3) is 0 Å². The molecule has 0 spiro atoms. The molecule has 0 saturated heterocycles. The van der Waals surface area contributed by atoms with Gasteiger partial charge >= 0.3 is 0 Å². The average molecular weight is 293 g/mol. The first kappa shape index (κ1) is 15.8. The minimum absolute atomic E-state index is 0.346. The standard InChI is InChI=1S/C14H27N7/c1-4-21(5-2)13-18-11(17-12(19-13)20-15)16-10-14(3)8-6-7-9-14/h4-10,15H2,1-3H3,(H2,16,17,18,19,20). The molecular formula is C14H27N7. The molecular weight excluding hydrogens is 266 g/mol. The topological polar surface area (TPSA) is 92.0 Å². The van der Waals surface area contributed by atoms with Crippen LogP contribution < -0.4 is 21.5 Å². The predicted molar refractivity (Wildman–Crippen MR) is 86.3 cm³/mol. The molecule has 0 aromatic carbocycles. The van der Waals surface area contributed by atoms with E-state index in [0.717, 1.165) is 19.6 Å². The minimum atomic E-state index is 0.346. The maximum Gasteiger partial charge on any atom is 0.243 e. The van der Waals surface area contributed by atoms with Gasteiger partial charge in [-0.1, -0.05) is 19.8 Å². The van der Waals surface area contributed by atoms with Crippen LogP contribution in [-0.2, 0) is 0 Å². The van der Waals surface area contributed by atoms with E-state index in [4.69, 9.17) is 5.84 Å². The minimum Gasteiger partial charge on any atom is -0.353 e. The monoisotopic (exact) mass is 293 g/mol. The molecule has 1 saturated carbocycles. The number of hydrogen-bond donors (Lipinski definition) is 3. The summed E-state index contributed by atoms with van der Waals surface area (Å²) in [6.45, 7) is 9.06. The molecule has 0 unspecified atom stereocenters. The van der Waals surface area contributed by atoms with E-state index >= 15 is 0 Å². The fourth-order valence-corrected chi connectivity index (χ4v) is 2.85.